The fourth-order valence-corrected chi connectivity index (χ4v) is 1.88. The van der Waals surface area contributed by atoms with E-state index in [2.05, 4.69) is 15.9 Å². The first kappa shape index (κ1) is 15.1. The van der Waals surface area contributed by atoms with Gasteiger partial charge in [-0.2, -0.15) is 0 Å². The van der Waals surface area contributed by atoms with Gasteiger partial charge in [0.15, 0.2) is 0 Å². The van der Waals surface area contributed by atoms with Gasteiger partial charge in [-0.15, -0.1) is 0 Å². The van der Waals surface area contributed by atoms with E-state index in [0.29, 0.717) is 6.42 Å². The van der Waals surface area contributed by atoms with E-state index < -0.39 is 22.0 Å². The van der Waals surface area contributed by atoms with E-state index in [-0.39, 0.29) is 16.6 Å². The third-order valence-corrected chi connectivity index (χ3v) is 2.98. The number of carbonyl (C=O) groups is 1. The van der Waals surface area contributed by atoms with Crippen molar-refractivity contribution in [1.29, 1.82) is 0 Å². The number of carboxylic acid groups (broad SMARTS) is 1. The molecule has 19 heavy (non-hydrogen) atoms. The van der Waals surface area contributed by atoms with Crippen LogP contribution in [0.4, 0.5) is 5.69 Å². The Bertz CT molecular complexity index is 606. The second kappa shape index (κ2) is 6.28. The fraction of sp³-hybridized carbons (Fsp3) is 0.273. The zero-order valence-electron chi connectivity index (χ0n) is 10.00. The van der Waals surface area contributed by atoms with Crippen LogP contribution >= 0.6 is 15.9 Å². The maximum atomic E-state index is 11.5. The van der Waals surface area contributed by atoms with E-state index in [1.54, 1.807) is 6.92 Å². The van der Waals surface area contributed by atoms with Crippen molar-refractivity contribution in [2.45, 2.75) is 19.9 Å². The highest BCUT2D eigenvalue weighted by Crippen LogP contribution is 2.11. The van der Waals surface area contributed by atoms with E-state index in [4.69, 9.17) is 5.11 Å². The van der Waals surface area contributed by atoms with Crippen molar-refractivity contribution in [1.82, 2.24) is 4.57 Å². The molecule has 0 aliphatic heterocycles. The number of nitro groups is 1. The molecule has 1 aromatic rings. The summed E-state index contributed by atoms with van der Waals surface area (Å²) in [6.07, 6.45) is 4.25. The predicted molar refractivity (Wildman–Crippen MR) is 71.1 cm³/mol. The molecule has 0 amide bonds. The first-order valence-corrected chi connectivity index (χ1v) is 6.12. The average molecular weight is 331 g/mol. The summed E-state index contributed by atoms with van der Waals surface area (Å²) >= 11 is 2.94. The van der Waals surface area contributed by atoms with Crippen LogP contribution in [0.5, 0.6) is 0 Å². The summed E-state index contributed by atoms with van der Waals surface area (Å²) in [6, 6.07) is 0. The normalized spacial score (nSPS) is 11.4. The van der Waals surface area contributed by atoms with Crippen molar-refractivity contribution in [2.75, 3.05) is 0 Å². The minimum Gasteiger partial charge on any atom is -0.478 e. The lowest BCUT2D eigenvalue weighted by Gasteiger charge is -2.04. The Kier molecular flexibility index (Phi) is 4.99. The van der Waals surface area contributed by atoms with Crippen LogP contribution in [-0.2, 0) is 11.3 Å². The zero-order chi connectivity index (χ0) is 14.6. The molecule has 0 atom stereocenters. The van der Waals surface area contributed by atoms with Gasteiger partial charge in [0.1, 0.15) is 0 Å². The van der Waals surface area contributed by atoms with Gasteiger partial charge < -0.3 is 9.67 Å². The Balaban J connectivity index is 3.13. The topological polar surface area (TPSA) is 102 Å². The van der Waals surface area contributed by atoms with E-state index >= 15 is 0 Å². The van der Waals surface area contributed by atoms with Crippen molar-refractivity contribution in [3.8, 4) is 0 Å². The van der Waals surface area contributed by atoms with Gasteiger partial charge in [-0.3, -0.25) is 14.9 Å². The Hall–Kier alpha value is -1.96. The highest BCUT2D eigenvalue weighted by Gasteiger charge is 2.15. The highest BCUT2D eigenvalue weighted by atomic mass is 79.9. The van der Waals surface area contributed by atoms with Crippen molar-refractivity contribution < 1.29 is 14.8 Å². The Morgan fingerprint density at radius 1 is 1.58 bits per heavy atom. The van der Waals surface area contributed by atoms with Crippen molar-refractivity contribution in [2.24, 2.45) is 0 Å². The summed E-state index contributed by atoms with van der Waals surface area (Å²) in [4.78, 5) is 32.2. The number of aromatic nitrogens is 1. The molecule has 0 bridgehead atoms. The van der Waals surface area contributed by atoms with Gasteiger partial charge in [-0.05, 0) is 22.4 Å². The van der Waals surface area contributed by atoms with Crippen LogP contribution in [0, 0.1) is 10.1 Å². The molecular weight excluding hydrogens is 320 g/mol. The summed E-state index contributed by atoms with van der Waals surface area (Å²) in [5.41, 5.74) is -1.06. The molecule has 0 aliphatic carbocycles. The maximum Gasteiger partial charge on any atom is 0.333 e. The van der Waals surface area contributed by atoms with Crippen LogP contribution in [-0.4, -0.2) is 20.6 Å². The van der Waals surface area contributed by atoms with Gasteiger partial charge in [0, 0.05) is 18.3 Å². The quantitative estimate of drug-likeness (QED) is 0.505. The SMILES string of the molecule is CC/C(=C/Cn1cc(Br)c(=O)c([N+](=O)[O-])c1)C(=O)O. The van der Waals surface area contributed by atoms with E-state index in [1.165, 1.54) is 16.8 Å². The van der Waals surface area contributed by atoms with Gasteiger partial charge in [0.2, 0.25) is 0 Å². The van der Waals surface area contributed by atoms with Gasteiger partial charge >= 0.3 is 11.7 Å². The van der Waals surface area contributed by atoms with Gasteiger partial charge in [-0.1, -0.05) is 13.0 Å². The number of nitrogens with zero attached hydrogens (tertiary/aromatic N) is 2. The molecule has 102 valence electrons. The molecule has 0 spiro atoms. The first-order valence-electron chi connectivity index (χ1n) is 5.33. The molecule has 0 fully saturated rings. The van der Waals surface area contributed by atoms with Crippen LogP contribution in [0.2, 0.25) is 0 Å². The van der Waals surface area contributed by atoms with E-state index in [1.807, 2.05) is 0 Å². The van der Waals surface area contributed by atoms with Crippen LogP contribution in [0.25, 0.3) is 0 Å². The molecule has 0 aromatic carbocycles. The number of hydrogen-bond donors (Lipinski definition) is 1. The number of pyridine rings is 1. The molecule has 1 rings (SSSR count). The average Bonchev–Trinajstić information content (AvgIpc) is 2.33. The lowest BCUT2D eigenvalue weighted by atomic mass is 10.2. The Labute approximate surface area is 116 Å². The minimum atomic E-state index is -1.03. The lowest BCUT2D eigenvalue weighted by Crippen LogP contribution is -2.13. The lowest BCUT2D eigenvalue weighted by molar-refractivity contribution is -0.386. The van der Waals surface area contributed by atoms with Crippen molar-refractivity contribution in [3.05, 3.63) is 48.9 Å². The number of hydrogen-bond acceptors (Lipinski definition) is 4. The monoisotopic (exact) mass is 330 g/mol. The van der Waals surface area contributed by atoms with Gasteiger partial charge in [0.25, 0.3) is 5.43 Å². The first-order chi connectivity index (χ1) is 8.86. The van der Waals surface area contributed by atoms with Crippen molar-refractivity contribution >= 4 is 27.6 Å². The van der Waals surface area contributed by atoms with Crippen LogP contribution in [0.3, 0.4) is 0 Å². The number of aliphatic carboxylic acids is 1. The molecule has 0 saturated heterocycles. The molecule has 0 unspecified atom stereocenters. The predicted octanol–water partition coefficient (Wildman–Crippen LogP) is 1.94. The highest BCUT2D eigenvalue weighted by molar-refractivity contribution is 9.10. The standard InChI is InChI=1S/C11H11BrN2O5/c1-2-7(11(16)17)3-4-13-5-8(12)10(15)9(6-13)14(18)19/h3,5-6H,2,4H2,1H3,(H,16,17)/b7-3-. The Morgan fingerprint density at radius 2 is 2.21 bits per heavy atom. The molecule has 1 heterocycles. The molecule has 0 aliphatic rings. The smallest absolute Gasteiger partial charge is 0.333 e. The summed E-state index contributed by atoms with van der Waals surface area (Å²) in [7, 11) is 0. The van der Waals surface area contributed by atoms with Crippen LogP contribution in [0.15, 0.2) is 33.3 Å². The molecule has 1 aromatic heterocycles. The Morgan fingerprint density at radius 3 is 2.68 bits per heavy atom. The second-order valence-electron chi connectivity index (χ2n) is 3.66. The molecule has 7 nitrogen and oxygen atoms in total. The van der Waals surface area contributed by atoms with E-state index in [0.717, 1.165) is 6.20 Å². The third kappa shape index (κ3) is 3.75. The van der Waals surface area contributed by atoms with Gasteiger partial charge in [-0.25, -0.2) is 4.79 Å². The molecule has 0 radical (unpaired) electrons. The maximum absolute atomic E-state index is 11.5. The summed E-state index contributed by atoms with van der Waals surface area (Å²) in [5, 5.41) is 19.5. The van der Waals surface area contributed by atoms with Crippen molar-refractivity contribution in [3.63, 3.8) is 0 Å². The van der Waals surface area contributed by atoms with Crippen LogP contribution < -0.4 is 5.43 Å². The molecular formula is C11H11BrN2O5. The van der Waals surface area contributed by atoms with Crippen LogP contribution in [0.1, 0.15) is 13.3 Å². The minimum absolute atomic E-state index is 0.0588. The number of rotatable bonds is 5. The van der Waals surface area contributed by atoms with Gasteiger partial charge in [0.05, 0.1) is 15.6 Å². The molecule has 1 N–H and O–H groups in total. The molecule has 0 saturated carbocycles. The third-order valence-electron chi connectivity index (χ3n) is 2.42. The summed E-state index contributed by atoms with van der Waals surface area (Å²) in [6.45, 7) is 1.83. The molecule has 8 heteroatoms. The number of carboxylic acids is 1. The number of halogens is 1. The summed E-state index contributed by atoms with van der Waals surface area (Å²) < 4.78 is 1.44. The van der Waals surface area contributed by atoms with E-state index in [9.17, 15) is 19.7 Å². The number of allylic oxidation sites excluding steroid dienone is 1. The largest absolute Gasteiger partial charge is 0.478 e. The fourth-order valence-electron chi connectivity index (χ4n) is 1.41. The second-order valence-corrected chi connectivity index (χ2v) is 4.52. The zero-order valence-corrected chi connectivity index (χ0v) is 11.6. The summed E-state index contributed by atoms with van der Waals surface area (Å²) in [5.74, 6) is -1.03.